The van der Waals surface area contributed by atoms with E-state index >= 15 is 0 Å². The molecule has 5 nitrogen and oxygen atoms in total. The summed E-state index contributed by atoms with van der Waals surface area (Å²) in [6.45, 7) is 3.65. The first-order chi connectivity index (χ1) is 7.61. The summed E-state index contributed by atoms with van der Waals surface area (Å²) < 4.78 is 5.08. The largest absolute Gasteiger partial charge is 0.384 e. The van der Waals surface area contributed by atoms with Crippen LogP contribution in [-0.2, 0) is 0 Å². The molecule has 82 valence electrons. The van der Waals surface area contributed by atoms with Crippen molar-refractivity contribution in [2.75, 3.05) is 0 Å². The SMILES string of the molecule is Cc1noc(C)c1-c1ncccc1C(=N)N. The van der Waals surface area contributed by atoms with Gasteiger partial charge in [-0.25, -0.2) is 0 Å². The number of aryl methyl sites for hydroxylation is 2. The fourth-order valence-electron chi connectivity index (χ4n) is 1.64. The second-order valence-electron chi connectivity index (χ2n) is 3.51. The smallest absolute Gasteiger partial charge is 0.143 e. The molecule has 16 heavy (non-hydrogen) atoms. The lowest BCUT2D eigenvalue weighted by Crippen LogP contribution is -2.13. The van der Waals surface area contributed by atoms with Crippen molar-refractivity contribution in [1.29, 1.82) is 5.41 Å². The van der Waals surface area contributed by atoms with E-state index in [4.69, 9.17) is 15.7 Å². The highest BCUT2D eigenvalue weighted by molar-refractivity contribution is 6.00. The van der Waals surface area contributed by atoms with Crippen LogP contribution < -0.4 is 5.73 Å². The van der Waals surface area contributed by atoms with Gasteiger partial charge in [-0.2, -0.15) is 0 Å². The van der Waals surface area contributed by atoms with Crippen molar-refractivity contribution in [1.82, 2.24) is 10.1 Å². The number of pyridine rings is 1. The van der Waals surface area contributed by atoms with Crippen molar-refractivity contribution in [3.05, 3.63) is 35.3 Å². The highest BCUT2D eigenvalue weighted by atomic mass is 16.5. The zero-order chi connectivity index (χ0) is 11.7. The van der Waals surface area contributed by atoms with Crippen LogP contribution in [0.2, 0.25) is 0 Å². The summed E-state index contributed by atoms with van der Waals surface area (Å²) in [6.07, 6.45) is 1.66. The average molecular weight is 216 g/mol. The van der Waals surface area contributed by atoms with Crippen LogP contribution in [0.25, 0.3) is 11.3 Å². The van der Waals surface area contributed by atoms with Gasteiger partial charge >= 0.3 is 0 Å². The molecule has 0 aliphatic rings. The first-order valence-electron chi connectivity index (χ1n) is 4.84. The Morgan fingerprint density at radius 2 is 2.19 bits per heavy atom. The number of nitrogens with one attached hydrogen (secondary N) is 1. The molecule has 0 radical (unpaired) electrons. The number of amidine groups is 1. The van der Waals surface area contributed by atoms with Gasteiger partial charge in [0.25, 0.3) is 0 Å². The standard InChI is InChI=1S/C11H12N4O/c1-6-9(7(2)16-15-6)10-8(11(12)13)4-3-5-14-10/h3-5H,1-2H3,(H3,12,13). The van der Waals surface area contributed by atoms with E-state index in [1.807, 2.05) is 13.8 Å². The molecule has 0 aromatic carbocycles. The van der Waals surface area contributed by atoms with Crippen LogP contribution in [0.1, 0.15) is 17.0 Å². The van der Waals surface area contributed by atoms with Gasteiger partial charge in [0.15, 0.2) is 0 Å². The quantitative estimate of drug-likeness (QED) is 0.590. The third kappa shape index (κ3) is 1.56. The molecule has 0 saturated heterocycles. The summed E-state index contributed by atoms with van der Waals surface area (Å²) >= 11 is 0. The van der Waals surface area contributed by atoms with E-state index in [2.05, 4.69) is 10.1 Å². The molecular weight excluding hydrogens is 204 g/mol. The third-order valence-electron chi connectivity index (χ3n) is 2.37. The van der Waals surface area contributed by atoms with Gasteiger partial charge in [0, 0.05) is 11.8 Å². The van der Waals surface area contributed by atoms with Crippen molar-refractivity contribution in [2.24, 2.45) is 5.73 Å². The zero-order valence-electron chi connectivity index (χ0n) is 9.11. The van der Waals surface area contributed by atoms with Crippen LogP contribution in [0.5, 0.6) is 0 Å². The number of nitrogens with two attached hydrogens (primary N) is 1. The Morgan fingerprint density at radius 1 is 1.44 bits per heavy atom. The zero-order valence-corrected chi connectivity index (χ0v) is 9.11. The molecule has 0 aliphatic carbocycles. The van der Waals surface area contributed by atoms with Crippen molar-refractivity contribution in [3.63, 3.8) is 0 Å². The van der Waals surface area contributed by atoms with Crippen LogP contribution in [0.4, 0.5) is 0 Å². The number of rotatable bonds is 2. The molecule has 0 atom stereocenters. The normalized spacial score (nSPS) is 10.4. The third-order valence-corrected chi connectivity index (χ3v) is 2.37. The summed E-state index contributed by atoms with van der Waals surface area (Å²) in [5.41, 5.74) is 8.31. The van der Waals surface area contributed by atoms with E-state index in [-0.39, 0.29) is 5.84 Å². The lowest BCUT2D eigenvalue weighted by Gasteiger charge is -2.05. The summed E-state index contributed by atoms with van der Waals surface area (Å²) in [6, 6.07) is 3.51. The van der Waals surface area contributed by atoms with E-state index in [1.54, 1.807) is 18.3 Å². The van der Waals surface area contributed by atoms with Gasteiger partial charge in [-0.15, -0.1) is 0 Å². The highest BCUT2D eigenvalue weighted by Crippen LogP contribution is 2.27. The summed E-state index contributed by atoms with van der Waals surface area (Å²) in [5.74, 6) is 0.668. The molecule has 5 heteroatoms. The summed E-state index contributed by atoms with van der Waals surface area (Å²) in [4.78, 5) is 4.24. The van der Waals surface area contributed by atoms with Crippen molar-refractivity contribution >= 4 is 5.84 Å². The molecule has 2 heterocycles. The molecular formula is C11H12N4O. The lowest BCUT2D eigenvalue weighted by molar-refractivity contribution is 0.393. The molecule has 0 spiro atoms. The van der Waals surface area contributed by atoms with Crippen LogP contribution in [0.15, 0.2) is 22.9 Å². The van der Waals surface area contributed by atoms with Gasteiger partial charge in [0.1, 0.15) is 11.6 Å². The molecule has 0 fully saturated rings. The molecule has 0 amide bonds. The predicted molar refractivity (Wildman–Crippen MR) is 60.2 cm³/mol. The fourth-order valence-corrected chi connectivity index (χ4v) is 1.64. The fraction of sp³-hybridized carbons (Fsp3) is 0.182. The van der Waals surface area contributed by atoms with Gasteiger partial charge in [-0.3, -0.25) is 10.4 Å². The van der Waals surface area contributed by atoms with Gasteiger partial charge in [0.2, 0.25) is 0 Å². The lowest BCUT2D eigenvalue weighted by atomic mass is 10.0. The first kappa shape index (κ1) is 10.4. The molecule has 0 aliphatic heterocycles. The Hall–Kier alpha value is -2.17. The maximum atomic E-state index is 7.51. The molecule has 2 aromatic rings. The summed E-state index contributed by atoms with van der Waals surface area (Å²) in [7, 11) is 0. The maximum Gasteiger partial charge on any atom is 0.143 e. The molecule has 0 bridgehead atoms. The van der Waals surface area contributed by atoms with Crippen LogP contribution >= 0.6 is 0 Å². The van der Waals surface area contributed by atoms with Gasteiger partial charge in [0.05, 0.1) is 17.0 Å². The summed E-state index contributed by atoms with van der Waals surface area (Å²) in [5, 5.41) is 11.4. The van der Waals surface area contributed by atoms with Crippen LogP contribution in [0.3, 0.4) is 0 Å². The predicted octanol–water partition coefficient (Wildman–Crippen LogP) is 1.64. The topological polar surface area (TPSA) is 88.8 Å². The molecule has 0 unspecified atom stereocenters. The Morgan fingerprint density at radius 3 is 2.75 bits per heavy atom. The Labute approximate surface area is 92.8 Å². The van der Waals surface area contributed by atoms with Crippen molar-refractivity contribution in [3.8, 4) is 11.3 Å². The highest BCUT2D eigenvalue weighted by Gasteiger charge is 2.17. The second kappa shape index (κ2) is 3.77. The van der Waals surface area contributed by atoms with Crippen molar-refractivity contribution in [2.45, 2.75) is 13.8 Å². The molecule has 3 N–H and O–H groups in total. The molecule has 0 saturated carbocycles. The first-order valence-corrected chi connectivity index (χ1v) is 4.84. The van der Waals surface area contributed by atoms with E-state index in [0.29, 0.717) is 17.0 Å². The van der Waals surface area contributed by atoms with Crippen LogP contribution in [-0.4, -0.2) is 16.0 Å². The molecule has 2 rings (SSSR count). The Kier molecular flexibility index (Phi) is 2.44. The number of nitrogen functional groups attached to an aromatic ring is 1. The Bertz CT molecular complexity index is 525. The number of hydrogen-bond donors (Lipinski definition) is 2. The molecule has 2 aromatic heterocycles. The van der Waals surface area contributed by atoms with E-state index in [9.17, 15) is 0 Å². The van der Waals surface area contributed by atoms with E-state index < -0.39 is 0 Å². The Balaban J connectivity index is 2.69. The minimum atomic E-state index is -0.0110. The van der Waals surface area contributed by atoms with Gasteiger partial charge in [-0.05, 0) is 26.0 Å². The monoisotopic (exact) mass is 216 g/mol. The minimum absolute atomic E-state index is 0.0110. The van der Waals surface area contributed by atoms with Crippen molar-refractivity contribution < 1.29 is 4.52 Å². The second-order valence-corrected chi connectivity index (χ2v) is 3.51. The maximum absolute atomic E-state index is 7.51. The number of hydrogen-bond acceptors (Lipinski definition) is 4. The van der Waals surface area contributed by atoms with Gasteiger partial charge < -0.3 is 10.3 Å². The van der Waals surface area contributed by atoms with Gasteiger partial charge in [-0.1, -0.05) is 5.16 Å². The van der Waals surface area contributed by atoms with E-state index in [1.165, 1.54) is 0 Å². The van der Waals surface area contributed by atoms with Crippen LogP contribution in [0, 0.1) is 19.3 Å². The average Bonchev–Trinajstić information content (AvgIpc) is 2.58. The minimum Gasteiger partial charge on any atom is -0.384 e. The number of nitrogens with zero attached hydrogens (tertiary/aromatic N) is 2. The van der Waals surface area contributed by atoms with E-state index in [0.717, 1.165) is 11.3 Å². The number of aromatic nitrogens is 2.